The van der Waals surface area contributed by atoms with Crippen LogP contribution in [-0.2, 0) is 19.5 Å². The van der Waals surface area contributed by atoms with Gasteiger partial charge in [-0.15, -0.1) is 5.10 Å². The number of aromatic nitrogens is 5. The molecule has 5 nitrogen and oxygen atoms in total. The predicted octanol–water partition coefficient (Wildman–Crippen LogP) is 1.50. The summed E-state index contributed by atoms with van der Waals surface area (Å²) in [5.74, 6) is 0. The SMILES string of the molecule is BrCCc1cn(CCCn2ccnc2)nn1. The molecule has 0 N–H and O–H groups in total. The van der Waals surface area contributed by atoms with E-state index in [-0.39, 0.29) is 0 Å². The molecule has 0 aromatic carbocycles. The molecule has 0 saturated heterocycles. The fourth-order valence-corrected chi connectivity index (χ4v) is 1.90. The standard InChI is InChI=1S/C10H14BrN5/c11-3-2-10-8-16(14-13-10)6-1-5-15-7-4-12-9-15/h4,7-9H,1-3,5-6H2. The summed E-state index contributed by atoms with van der Waals surface area (Å²) in [5.41, 5.74) is 1.04. The highest BCUT2D eigenvalue weighted by Crippen LogP contribution is 1.99. The van der Waals surface area contributed by atoms with Crippen molar-refractivity contribution in [3.8, 4) is 0 Å². The lowest BCUT2D eigenvalue weighted by molar-refractivity contribution is 0.514. The van der Waals surface area contributed by atoms with Gasteiger partial charge >= 0.3 is 0 Å². The zero-order chi connectivity index (χ0) is 11.2. The number of hydrogen-bond acceptors (Lipinski definition) is 3. The Kier molecular flexibility index (Phi) is 4.10. The first-order chi connectivity index (χ1) is 7.88. The average Bonchev–Trinajstić information content (AvgIpc) is 2.90. The zero-order valence-electron chi connectivity index (χ0n) is 8.96. The normalized spacial score (nSPS) is 10.8. The minimum atomic E-state index is 0.896. The fraction of sp³-hybridized carbons (Fsp3) is 0.500. The van der Waals surface area contributed by atoms with Gasteiger partial charge in [0.1, 0.15) is 0 Å². The molecular formula is C10H14BrN5. The molecule has 2 heterocycles. The molecule has 16 heavy (non-hydrogen) atoms. The van der Waals surface area contributed by atoms with Crippen LogP contribution in [0.3, 0.4) is 0 Å². The molecule has 0 atom stereocenters. The van der Waals surface area contributed by atoms with E-state index < -0.39 is 0 Å². The van der Waals surface area contributed by atoms with Crippen molar-refractivity contribution in [1.82, 2.24) is 24.5 Å². The first-order valence-electron chi connectivity index (χ1n) is 5.29. The van der Waals surface area contributed by atoms with Crippen LogP contribution < -0.4 is 0 Å². The minimum absolute atomic E-state index is 0.896. The third-order valence-electron chi connectivity index (χ3n) is 2.30. The van der Waals surface area contributed by atoms with Crippen LogP contribution in [-0.4, -0.2) is 29.9 Å². The third-order valence-corrected chi connectivity index (χ3v) is 2.70. The Labute approximate surface area is 103 Å². The van der Waals surface area contributed by atoms with Crippen LogP contribution in [0.5, 0.6) is 0 Å². The Morgan fingerprint density at radius 3 is 3.00 bits per heavy atom. The van der Waals surface area contributed by atoms with Crippen molar-refractivity contribution < 1.29 is 0 Å². The molecule has 0 bridgehead atoms. The lowest BCUT2D eigenvalue weighted by Gasteiger charge is -2.01. The van der Waals surface area contributed by atoms with Gasteiger partial charge in [-0.05, 0) is 6.42 Å². The fourth-order valence-electron chi connectivity index (χ4n) is 1.49. The van der Waals surface area contributed by atoms with Crippen molar-refractivity contribution in [2.24, 2.45) is 0 Å². The topological polar surface area (TPSA) is 48.5 Å². The second kappa shape index (κ2) is 5.79. The van der Waals surface area contributed by atoms with Crippen LogP contribution in [0.15, 0.2) is 24.9 Å². The smallest absolute Gasteiger partial charge is 0.0945 e. The molecule has 2 rings (SSSR count). The summed E-state index contributed by atoms with van der Waals surface area (Å²) in [6.07, 6.45) is 9.57. The molecular weight excluding hydrogens is 270 g/mol. The number of hydrogen-bond donors (Lipinski definition) is 0. The van der Waals surface area contributed by atoms with Gasteiger partial charge in [0.15, 0.2) is 0 Å². The summed E-state index contributed by atoms with van der Waals surface area (Å²) in [6.45, 7) is 1.86. The highest BCUT2D eigenvalue weighted by Gasteiger charge is 1.99. The Hall–Kier alpha value is -1.17. The van der Waals surface area contributed by atoms with Gasteiger partial charge in [-0.25, -0.2) is 4.98 Å². The average molecular weight is 284 g/mol. The molecule has 0 spiro atoms. The summed E-state index contributed by atoms with van der Waals surface area (Å²) in [4.78, 5) is 4.00. The van der Waals surface area contributed by atoms with Crippen molar-refractivity contribution in [2.75, 3.05) is 5.33 Å². The maximum absolute atomic E-state index is 4.09. The van der Waals surface area contributed by atoms with Gasteiger partial charge in [0.25, 0.3) is 0 Å². The molecule has 0 fully saturated rings. The lowest BCUT2D eigenvalue weighted by Crippen LogP contribution is -2.03. The number of imidazole rings is 1. The summed E-state index contributed by atoms with van der Waals surface area (Å²) >= 11 is 3.39. The van der Waals surface area contributed by atoms with Crippen molar-refractivity contribution in [3.63, 3.8) is 0 Å². The van der Waals surface area contributed by atoms with E-state index in [0.29, 0.717) is 0 Å². The molecule has 6 heteroatoms. The van der Waals surface area contributed by atoms with E-state index in [0.717, 1.165) is 37.0 Å². The molecule has 86 valence electrons. The van der Waals surface area contributed by atoms with Crippen molar-refractivity contribution >= 4 is 15.9 Å². The molecule has 0 aliphatic rings. The second-order valence-electron chi connectivity index (χ2n) is 3.57. The Morgan fingerprint density at radius 1 is 1.31 bits per heavy atom. The van der Waals surface area contributed by atoms with Gasteiger partial charge in [-0.1, -0.05) is 21.1 Å². The quantitative estimate of drug-likeness (QED) is 0.755. The summed E-state index contributed by atoms with van der Waals surface area (Å²) < 4.78 is 3.96. The van der Waals surface area contributed by atoms with E-state index in [1.807, 2.05) is 23.4 Å². The molecule has 0 radical (unpaired) electrons. The lowest BCUT2D eigenvalue weighted by atomic mass is 10.4. The van der Waals surface area contributed by atoms with Gasteiger partial charge in [-0.3, -0.25) is 4.68 Å². The van der Waals surface area contributed by atoms with Crippen molar-refractivity contribution in [2.45, 2.75) is 25.9 Å². The predicted molar refractivity (Wildman–Crippen MR) is 64.4 cm³/mol. The molecule has 0 amide bonds. The maximum Gasteiger partial charge on any atom is 0.0945 e. The number of halogens is 1. The molecule has 0 unspecified atom stereocenters. The van der Waals surface area contributed by atoms with Crippen molar-refractivity contribution in [3.05, 3.63) is 30.6 Å². The maximum atomic E-state index is 4.09. The van der Waals surface area contributed by atoms with Gasteiger partial charge in [-0.2, -0.15) is 0 Å². The Morgan fingerprint density at radius 2 is 2.25 bits per heavy atom. The number of alkyl halides is 1. The largest absolute Gasteiger partial charge is 0.337 e. The van der Waals surface area contributed by atoms with Gasteiger partial charge in [0.05, 0.1) is 12.0 Å². The highest BCUT2D eigenvalue weighted by molar-refractivity contribution is 9.09. The van der Waals surface area contributed by atoms with Crippen molar-refractivity contribution in [1.29, 1.82) is 0 Å². The first-order valence-corrected chi connectivity index (χ1v) is 6.41. The van der Waals surface area contributed by atoms with Crippen LogP contribution in [0.4, 0.5) is 0 Å². The summed E-state index contributed by atoms with van der Waals surface area (Å²) in [5, 5.41) is 9.09. The van der Waals surface area contributed by atoms with E-state index >= 15 is 0 Å². The minimum Gasteiger partial charge on any atom is -0.337 e. The summed E-state index contributed by atoms with van der Waals surface area (Å²) in [7, 11) is 0. The van der Waals surface area contributed by atoms with Gasteiger partial charge < -0.3 is 4.57 Å². The van der Waals surface area contributed by atoms with E-state index in [1.54, 1.807) is 6.20 Å². The van der Waals surface area contributed by atoms with E-state index in [2.05, 4.69) is 35.8 Å². The van der Waals surface area contributed by atoms with Crippen LogP contribution >= 0.6 is 15.9 Å². The van der Waals surface area contributed by atoms with Crippen LogP contribution in [0, 0.1) is 0 Å². The number of nitrogens with zero attached hydrogens (tertiary/aromatic N) is 5. The van der Waals surface area contributed by atoms with E-state index in [1.165, 1.54) is 0 Å². The first kappa shape index (κ1) is 11.3. The van der Waals surface area contributed by atoms with Gasteiger partial charge in [0.2, 0.25) is 0 Å². The monoisotopic (exact) mass is 283 g/mol. The van der Waals surface area contributed by atoms with Gasteiger partial charge in [0, 0.05) is 43.4 Å². The second-order valence-corrected chi connectivity index (χ2v) is 4.36. The molecule has 0 aliphatic heterocycles. The molecule has 2 aromatic rings. The summed E-state index contributed by atoms with van der Waals surface area (Å²) in [6, 6.07) is 0. The van der Waals surface area contributed by atoms with E-state index in [9.17, 15) is 0 Å². The highest BCUT2D eigenvalue weighted by atomic mass is 79.9. The van der Waals surface area contributed by atoms with E-state index in [4.69, 9.17) is 0 Å². The zero-order valence-corrected chi connectivity index (χ0v) is 10.5. The number of aryl methyl sites for hydroxylation is 3. The van der Waals surface area contributed by atoms with Crippen LogP contribution in [0.2, 0.25) is 0 Å². The Balaban J connectivity index is 1.76. The third kappa shape index (κ3) is 3.16. The number of rotatable bonds is 6. The Bertz CT molecular complexity index is 409. The molecule has 2 aromatic heterocycles. The molecule has 0 saturated carbocycles. The molecule has 0 aliphatic carbocycles. The van der Waals surface area contributed by atoms with Crippen LogP contribution in [0.25, 0.3) is 0 Å². The van der Waals surface area contributed by atoms with Crippen LogP contribution in [0.1, 0.15) is 12.1 Å².